The summed E-state index contributed by atoms with van der Waals surface area (Å²) in [6.45, 7) is 12.2. The number of carbonyl (C=O) groups excluding carboxylic acids is 2. The molecule has 1 atom stereocenters. The van der Waals surface area contributed by atoms with Crippen LogP contribution in [0, 0.1) is 25.2 Å². The van der Waals surface area contributed by atoms with Crippen molar-refractivity contribution < 1.29 is 22.7 Å². The van der Waals surface area contributed by atoms with Crippen LogP contribution in [0.1, 0.15) is 81.3 Å². The van der Waals surface area contributed by atoms with E-state index in [1.54, 1.807) is 12.1 Å². The third-order valence-corrected chi connectivity index (χ3v) is 10.1. The Hall–Kier alpha value is -3.99. The number of fused-ring (bicyclic) bond motifs is 4. The zero-order chi connectivity index (χ0) is 33.2. The van der Waals surface area contributed by atoms with Gasteiger partial charge in [0, 0.05) is 23.2 Å². The Morgan fingerprint density at radius 1 is 1.02 bits per heavy atom. The standard InChI is InChI=1S/C35H45N5O5S/c1-22-13-15-26(16-14-22)36-30(41)20-40-27(19-35(4,5)6)21-45-31-18-29(32-23(2)9-7-10-24(32)3)37-34(38-31)39-46(43,44)28-12-8-11-25(17-28)33(40)42/h7-12,17-18,22,26-27H,13-16,19-21H2,1-6H3,(H,36,41)(H,37,38,39)/t22?,26?,27-/m1/s1. The second kappa shape index (κ2) is 13.4. The molecule has 1 saturated carbocycles. The number of rotatable bonds is 5. The van der Waals surface area contributed by atoms with Gasteiger partial charge in [-0.2, -0.15) is 4.98 Å². The van der Waals surface area contributed by atoms with E-state index in [1.807, 2.05) is 32.0 Å². The van der Waals surface area contributed by atoms with Crippen LogP contribution in [0.25, 0.3) is 11.3 Å². The van der Waals surface area contributed by atoms with E-state index in [2.05, 4.69) is 47.7 Å². The predicted octanol–water partition coefficient (Wildman–Crippen LogP) is 5.90. The minimum atomic E-state index is -4.19. The zero-order valence-corrected chi connectivity index (χ0v) is 28.4. The number of ether oxygens (including phenoxy) is 1. The maximum absolute atomic E-state index is 14.2. The Bertz CT molecular complexity index is 1690. The first-order valence-corrected chi connectivity index (χ1v) is 17.5. The highest BCUT2D eigenvalue weighted by Crippen LogP contribution is 2.31. The van der Waals surface area contributed by atoms with Crippen LogP contribution in [-0.4, -0.2) is 60.3 Å². The number of benzene rings is 2. The van der Waals surface area contributed by atoms with Crippen LogP contribution in [-0.2, 0) is 14.8 Å². The number of nitrogens with one attached hydrogen (secondary N) is 2. The van der Waals surface area contributed by atoms with Crippen LogP contribution >= 0.6 is 0 Å². The van der Waals surface area contributed by atoms with E-state index in [9.17, 15) is 18.0 Å². The van der Waals surface area contributed by atoms with Gasteiger partial charge in [-0.05, 0) is 86.6 Å². The number of anilines is 1. The summed E-state index contributed by atoms with van der Waals surface area (Å²) in [5.41, 5.74) is 3.20. The summed E-state index contributed by atoms with van der Waals surface area (Å²) in [7, 11) is -4.19. The van der Waals surface area contributed by atoms with Crippen molar-refractivity contribution in [3.8, 4) is 17.1 Å². The van der Waals surface area contributed by atoms with Crippen LogP contribution in [0.4, 0.5) is 5.95 Å². The summed E-state index contributed by atoms with van der Waals surface area (Å²) in [5, 5.41) is 3.15. The Balaban J connectivity index is 1.58. The normalized spacial score (nSPS) is 21.6. The van der Waals surface area contributed by atoms with Crippen molar-refractivity contribution >= 4 is 27.8 Å². The van der Waals surface area contributed by atoms with Gasteiger partial charge in [0.25, 0.3) is 15.9 Å². The molecule has 1 aliphatic carbocycles. The fraction of sp³-hybridized carbons (Fsp3) is 0.486. The first kappa shape index (κ1) is 33.4. The van der Waals surface area contributed by atoms with Crippen LogP contribution in [0.15, 0.2) is 53.4 Å². The van der Waals surface area contributed by atoms with Gasteiger partial charge in [-0.1, -0.05) is 52.0 Å². The molecule has 2 aromatic carbocycles. The van der Waals surface area contributed by atoms with Crippen molar-refractivity contribution in [2.75, 3.05) is 17.9 Å². The molecule has 10 nitrogen and oxygen atoms in total. The highest BCUT2D eigenvalue weighted by molar-refractivity contribution is 7.92. The average Bonchev–Trinajstić information content (AvgIpc) is 2.98. The zero-order valence-electron chi connectivity index (χ0n) is 27.6. The van der Waals surface area contributed by atoms with Gasteiger partial charge in [0.05, 0.1) is 16.6 Å². The number of sulfonamides is 1. The van der Waals surface area contributed by atoms with Crippen LogP contribution < -0.4 is 14.8 Å². The lowest BCUT2D eigenvalue weighted by Gasteiger charge is -2.36. The van der Waals surface area contributed by atoms with Crippen molar-refractivity contribution in [2.24, 2.45) is 11.3 Å². The second-order valence-corrected chi connectivity index (χ2v) is 15.7. The van der Waals surface area contributed by atoms with Gasteiger partial charge in [0.2, 0.25) is 17.7 Å². The molecule has 246 valence electrons. The Kier molecular flexibility index (Phi) is 9.72. The number of hydrogen-bond acceptors (Lipinski definition) is 7. The van der Waals surface area contributed by atoms with Crippen LogP contribution in [0.5, 0.6) is 5.88 Å². The molecule has 2 aliphatic rings. The largest absolute Gasteiger partial charge is 0.475 e. The van der Waals surface area contributed by atoms with Crippen molar-refractivity contribution in [3.63, 3.8) is 0 Å². The number of aromatic nitrogens is 2. The third-order valence-electron chi connectivity index (χ3n) is 8.72. The molecule has 1 fully saturated rings. The van der Waals surface area contributed by atoms with Crippen molar-refractivity contribution in [1.29, 1.82) is 0 Å². The molecule has 2 amide bonds. The first-order chi connectivity index (χ1) is 21.7. The van der Waals surface area contributed by atoms with E-state index in [0.29, 0.717) is 18.0 Å². The minimum Gasteiger partial charge on any atom is -0.475 e. The van der Waals surface area contributed by atoms with E-state index < -0.39 is 22.0 Å². The minimum absolute atomic E-state index is 0.0340. The monoisotopic (exact) mass is 647 g/mol. The van der Waals surface area contributed by atoms with Crippen molar-refractivity contribution in [2.45, 2.75) is 90.6 Å². The molecule has 2 heterocycles. The predicted molar refractivity (Wildman–Crippen MR) is 178 cm³/mol. The van der Waals surface area contributed by atoms with Gasteiger partial charge in [-0.3, -0.25) is 9.59 Å². The van der Waals surface area contributed by atoms with Gasteiger partial charge < -0.3 is 15.0 Å². The van der Waals surface area contributed by atoms with Crippen molar-refractivity contribution in [1.82, 2.24) is 20.2 Å². The summed E-state index contributed by atoms with van der Waals surface area (Å²) in [5.74, 6) is -0.0449. The van der Waals surface area contributed by atoms with Gasteiger partial charge in [0.15, 0.2) is 0 Å². The number of nitrogens with zero attached hydrogens (tertiary/aromatic N) is 3. The maximum Gasteiger partial charge on any atom is 0.264 e. The third kappa shape index (κ3) is 8.04. The molecule has 0 unspecified atom stereocenters. The summed E-state index contributed by atoms with van der Waals surface area (Å²) < 4.78 is 36.0. The fourth-order valence-electron chi connectivity index (χ4n) is 6.38. The molecule has 2 N–H and O–H groups in total. The SMILES string of the molecule is Cc1cccc(C)c1-c1cc2nc(n1)NS(=O)(=O)c1cccc(c1)C(=O)N(CC(=O)NC1CCC(C)CC1)[C@H](CC(C)(C)C)CO2. The lowest BCUT2D eigenvalue weighted by atomic mass is 9.87. The Morgan fingerprint density at radius 2 is 1.70 bits per heavy atom. The maximum atomic E-state index is 14.2. The average molecular weight is 648 g/mol. The molecule has 4 bridgehead atoms. The van der Waals surface area contributed by atoms with Crippen molar-refractivity contribution in [3.05, 3.63) is 65.2 Å². The van der Waals surface area contributed by atoms with Crippen LogP contribution in [0.3, 0.4) is 0 Å². The molecule has 0 radical (unpaired) electrons. The quantitative estimate of drug-likeness (QED) is 0.353. The summed E-state index contributed by atoms with van der Waals surface area (Å²) in [6, 6.07) is 12.9. The van der Waals surface area contributed by atoms with E-state index in [1.165, 1.54) is 23.1 Å². The number of aryl methyl sites for hydroxylation is 2. The molecule has 46 heavy (non-hydrogen) atoms. The molecule has 1 aliphatic heterocycles. The summed E-state index contributed by atoms with van der Waals surface area (Å²) in [4.78, 5) is 38.2. The molecule has 0 saturated heterocycles. The van der Waals surface area contributed by atoms with E-state index >= 15 is 0 Å². The molecular formula is C35H45N5O5S. The Morgan fingerprint density at radius 3 is 2.37 bits per heavy atom. The molecule has 0 spiro atoms. The van der Waals surface area contributed by atoms with E-state index in [-0.39, 0.29) is 52.8 Å². The number of carbonyl (C=O) groups is 2. The van der Waals surface area contributed by atoms with Crippen LogP contribution in [0.2, 0.25) is 0 Å². The molecule has 3 aromatic rings. The summed E-state index contributed by atoms with van der Waals surface area (Å²) >= 11 is 0. The van der Waals surface area contributed by atoms with E-state index in [4.69, 9.17) is 4.74 Å². The molecule has 5 rings (SSSR count). The molecule has 1 aromatic heterocycles. The van der Waals surface area contributed by atoms with Gasteiger partial charge >= 0.3 is 0 Å². The van der Waals surface area contributed by atoms with Gasteiger partial charge in [-0.15, -0.1) is 0 Å². The number of hydrogen-bond donors (Lipinski definition) is 2. The second-order valence-electron chi connectivity index (χ2n) is 14.0. The fourth-order valence-corrected chi connectivity index (χ4v) is 7.37. The van der Waals surface area contributed by atoms with E-state index in [0.717, 1.165) is 42.4 Å². The smallest absolute Gasteiger partial charge is 0.264 e. The lowest BCUT2D eigenvalue weighted by Crippen LogP contribution is -2.51. The van der Waals surface area contributed by atoms with Gasteiger partial charge in [-0.25, -0.2) is 18.1 Å². The molecule has 11 heteroatoms. The first-order valence-electron chi connectivity index (χ1n) is 16.0. The summed E-state index contributed by atoms with van der Waals surface area (Å²) in [6.07, 6.45) is 4.43. The molecular weight excluding hydrogens is 602 g/mol. The lowest BCUT2D eigenvalue weighted by molar-refractivity contribution is -0.123. The topological polar surface area (TPSA) is 131 Å². The Labute approximate surface area is 272 Å². The highest BCUT2D eigenvalue weighted by atomic mass is 32.2. The van der Waals surface area contributed by atoms with Gasteiger partial charge in [0.1, 0.15) is 13.2 Å². The highest BCUT2D eigenvalue weighted by Gasteiger charge is 2.33. The number of amides is 2.